The van der Waals surface area contributed by atoms with Gasteiger partial charge < -0.3 is 15.2 Å². The Hall–Kier alpha value is -2.44. The topological polar surface area (TPSA) is 61.0 Å². The minimum atomic E-state index is -0.914. The summed E-state index contributed by atoms with van der Waals surface area (Å²) >= 11 is 0. The number of halogens is 2. The molecule has 1 aliphatic heterocycles. The number of likely N-dealkylation sites (tertiary alicyclic amines) is 1. The van der Waals surface area contributed by atoms with Crippen molar-refractivity contribution in [3.8, 4) is 0 Å². The predicted molar refractivity (Wildman–Crippen MR) is 85.4 cm³/mol. The van der Waals surface area contributed by atoms with Gasteiger partial charge in [0.1, 0.15) is 0 Å². The Balaban J connectivity index is 1.57. The molecule has 0 bridgehead atoms. The number of nitrogens with one attached hydrogen (secondary N) is 2. The second kappa shape index (κ2) is 6.98. The number of carbonyl (C=O) groups is 1. The van der Waals surface area contributed by atoms with Crippen LogP contribution in [0.25, 0.3) is 0 Å². The van der Waals surface area contributed by atoms with E-state index in [-0.39, 0.29) is 11.6 Å². The summed E-state index contributed by atoms with van der Waals surface area (Å²) in [5.41, 5.74) is 1.24. The van der Waals surface area contributed by atoms with Crippen LogP contribution in [-0.4, -0.2) is 34.0 Å². The number of benzene rings is 1. The Morgan fingerprint density at radius 3 is 2.79 bits per heavy atom. The maximum atomic E-state index is 13.8. The molecule has 5 nitrogen and oxygen atoms in total. The van der Waals surface area contributed by atoms with Gasteiger partial charge in [0.2, 0.25) is 0 Å². The number of aromatic nitrogens is 2. The molecule has 24 heavy (non-hydrogen) atoms. The van der Waals surface area contributed by atoms with Crippen LogP contribution < -0.4 is 5.32 Å². The number of amides is 2. The van der Waals surface area contributed by atoms with Crippen molar-refractivity contribution in [1.29, 1.82) is 0 Å². The van der Waals surface area contributed by atoms with Crippen LogP contribution in [0.3, 0.4) is 0 Å². The van der Waals surface area contributed by atoms with E-state index in [0.29, 0.717) is 19.0 Å². The molecule has 1 aliphatic rings. The molecule has 1 aromatic carbocycles. The summed E-state index contributed by atoms with van der Waals surface area (Å²) in [6.07, 6.45) is 5.16. The van der Waals surface area contributed by atoms with Crippen molar-refractivity contribution in [2.45, 2.75) is 31.7 Å². The first-order valence-electron chi connectivity index (χ1n) is 8.04. The van der Waals surface area contributed by atoms with Crippen molar-refractivity contribution in [3.63, 3.8) is 0 Å². The lowest BCUT2D eigenvalue weighted by molar-refractivity contribution is 0.177. The van der Waals surface area contributed by atoms with Crippen molar-refractivity contribution in [2.24, 2.45) is 0 Å². The zero-order valence-electron chi connectivity index (χ0n) is 13.4. The Labute approximate surface area is 139 Å². The summed E-state index contributed by atoms with van der Waals surface area (Å²) in [5.74, 6) is -1.45. The van der Waals surface area contributed by atoms with Gasteiger partial charge in [-0.05, 0) is 25.8 Å². The maximum absolute atomic E-state index is 13.8. The van der Waals surface area contributed by atoms with Gasteiger partial charge in [-0.3, -0.25) is 0 Å². The van der Waals surface area contributed by atoms with Crippen LogP contribution in [0.1, 0.15) is 43.0 Å². The minimum Gasteiger partial charge on any atom is -0.348 e. The highest BCUT2D eigenvalue weighted by Gasteiger charge is 2.26. The van der Waals surface area contributed by atoms with Crippen molar-refractivity contribution >= 4 is 6.03 Å². The fourth-order valence-corrected chi connectivity index (χ4v) is 3.09. The number of rotatable bonds is 3. The Bertz CT molecular complexity index is 697. The zero-order chi connectivity index (χ0) is 17.1. The molecule has 0 radical (unpaired) electrons. The Morgan fingerprint density at radius 1 is 1.38 bits per heavy atom. The fraction of sp³-hybridized carbons (Fsp3) is 0.412. The SMILES string of the molecule is C[C@H](NC(=O)N1CCC(c2cnc[nH]2)CC1)c1cccc(F)c1F. The van der Waals surface area contributed by atoms with Gasteiger partial charge in [-0.25, -0.2) is 18.6 Å². The molecule has 2 N–H and O–H groups in total. The number of nitrogens with zero attached hydrogens (tertiary/aromatic N) is 2. The van der Waals surface area contributed by atoms with E-state index in [1.807, 2.05) is 6.20 Å². The van der Waals surface area contributed by atoms with Crippen LogP contribution in [0.2, 0.25) is 0 Å². The first kappa shape index (κ1) is 16.4. The second-order valence-corrected chi connectivity index (χ2v) is 6.08. The van der Waals surface area contributed by atoms with Gasteiger partial charge in [-0.15, -0.1) is 0 Å². The van der Waals surface area contributed by atoms with E-state index in [9.17, 15) is 13.6 Å². The van der Waals surface area contributed by atoms with Crippen molar-refractivity contribution < 1.29 is 13.6 Å². The third-order valence-corrected chi connectivity index (χ3v) is 4.53. The summed E-state index contributed by atoms with van der Waals surface area (Å²) in [6, 6.07) is 3.13. The zero-order valence-corrected chi connectivity index (χ0v) is 13.4. The van der Waals surface area contributed by atoms with E-state index in [1.54, 1.807) is 18.2 Å². The average Bonchev–Trinajstić information content (AvgIpc) is 3.12. The summed E-state index contributed by atoms with van der Waals surface area (Å²) in [4.78, 5) is 21.2. The number of aromatic amines is 1. The van der Waals surface area contributed by atoms with E-state index >= 15 is 0 Å². The van der Waals surface area contributed by atoms with Gasteiger partial charge >= 0.3 is 6.03 Å². The van der Waals surface area contributed by atoms with E-state index in [4.69, 9.17) is 0 Å². The lowest BCUT2D eigenvalue weighted by Crippen LogP contribution is -2.45. The quantitative estimate of drug-likeness (QED) is 0.904. The smallest absolute Gasteiger partial charge is 0.317 e. The highest BCUT2D eigenvalue weighted by Crippen LogP contribution is 2.26. The molecule has 2 aromatic rings. The van der Waals surface area contributed by atoms with Gasteiger partial charge in [0.15, 0.2) is 11.6 Å². The molecular formula is C17H20F2N4O. The van der Waals surface area contributed by atoms with Crippen molar-refractivity contribution in [2.75, 3.05) is 13.1 Å². The summed E-state index contributed by atoms with van der Waals surface area (Å²) in [7, 11) is 0. The maximum Gasteiger partial charge on any atom is 0.317 e. The van der Waals surface area contributed by atoms with E-state index in [1.165, 1.54) is 12.1 Å². The predicted octanol–water partition coefficient (Wildman–Crippen LogP) is 3.34. The largest absolute Gasteiger partial charge is 0.348 e. The molecular weight excluding hydrogens is 314 g/mol. The minimum absolute atomic E-state index is 0.149. The molecule has 1 aromatic heterocycles. The van der Waals surface area contributed by atoms with Gasteiger partial charge in [0.25, 0.3) is 0 Å². The van der Waals surface area contributed by atoms with Crippen LogP contribution in [0, 0.1) is 11.6 Å². The third-order valence-electron chi connectivity index (χ3n) is 4.53. The molecule has 0 saturated carbocycles. The summed E-state index contributed by atoms with van der Waals surface area (Å²) in [6.45, 7) is 2.88. The van der Waals surface area contributed by atoms with E-state index < -0.39 is 17.7 Å². The number of urea groups is 1. The van der Waals surface area contributed by atoms with Crippen LogP contribution in [0.15, 0.2) is 30.7 Å². The highest BCUT2D eigenvalue weighted by atomic mass is 19.2. The molecule has 0 spiro atoms. The normalized spacial score (nSPS) is 16.9. The molecule has 128 valence electrons. The van der Waals surface area contributed by atoms with Gasteiger partial charge in [-0.2, -0.15) is 0 Å². The first-order valence-corrected chi connectivity index (χ1v) is 8.04. The summed E-state index contributed by atoms with van der Waals surface area (Å²) in [5, 5.41) is 2.74. The van der Waals surface area contributed by atoms with Crippen LogP contribution >= 0.6 is 0 Å². The molecule has 1 fully saturated rings. The molecule has 2 heterocycles. The number of carbonyl (C=O) groups excluding carboxylic acids is 1. The van der Waals surface area contributed by atoms with Crippen molar-refractivity contribution in [3.05, 3.63) is 53.6 Å². The molecule has 3 rings (SSSR count). The average molecular weight is 334 g/mol. The standard InChI is InChI=1S/C17H20F2N4O/c1-11(13-3-2-4-14(18)16(13)19)22-17(24)23-7-5-12(6-8-23)15-9-20-10-21-15/h2-4,9-12H,5-8H2,1H3,(H,20,21)(H,22,24)/t11-/m0/s1. The molecule has 0 unspecified atom stereocenters. The summed E-state index contributed by atoms with van der Waals surface area (Å²) < 4.78 is 27.1. The second-order valence-electron chi connectivity index (χ2n) is 6.08. The molecule has 0 aliphatic carbocycles. The molecule has 1 saturated heterocycles. The molecule has 1 atom stereocenters. The van der Waals surface area contributed by atoms with Crippen LogP contribution in [0.5, 0.6) is 0 Å². The first-order chi connectivity index (χ1) is 11.6. The fourth-order valence-electron chi connectivity index (χ4n) is 3.09. The van der Waals surface area contributed by atoms with Gasteiger partial charge in [-0.1, -0.05) is 12.1 Å². The van der Waals surface area contributed by atoms with Gasteiger partial charge in [0, 0.05) is 36.5 Å². The highest BCUT2D eigenvalue weighted by molar-refractivity contribution is 5.74. The Morgan fingerprint density at radius 2 is 2.12 bits per heavy atom. The van der Waals surface area contributed by atoms with Crippen LogP contribution in [-0.2, 0) is 0 Å². The van der Waals surface area contributed by atoms with Gasteiger partial charge in [0.05, 0.1) is 12.4 Å². The number of hydrogen-bond donors (Lipinski definition) is 2. The number of hydrogen-bond acceptors (Lipinski definition) is 2. The Kier molecular flexibility index (Phi) is 4.78. The number of H-pyrrole nitrogens is 1. The lowest BCUT2D eigenvalue weighted by atomic mass is 9.94. The molecule has 7 heteroatoms. The number of imidazole rings is 1. The van der Waals surface area contributed by atoms with E-state index in [2.05, 4.69) is 15.3 Å². The van der Waals surface area contributed by atoms with E-state index in [0.717, 1.165) is 24.6 Å². The van der Waals surface area contributed by atoms with Crippen LogP contribution in [0.4, 0.5) is 13.6 Å². The monoisotopic (exact) mass is 334 g/mol. The third kappa shape index (κ3) is 3.39. The lowest BCUT2D eigenvalue weighted by Gasteiger charge is -2.32. The molecule has 2 amide bonds. The number of piperidine rings is 1. The van der Waals surface area contributed by atoms with Crippen molar-refractivity contribution in [1.82, 2.24) is 20.2 Å².